The maximum atomic E-state index is 12.4. The highest BCUT2D eigenvalue weighted by atomic mass is 16.5. The second-order valence-electron chi connectivity index (χ2n) is 6.48. The fourth-order valence-electron chi connectivity index (χ4n) is 2.84. The van der Waals surface area contributed by atoms with Crippen LogP contribution >= 0.6 is 0 Å². The van der Waals surface area contributed by atoms with Crippen LogP contribution in [0.15, 0.2) is 60.3 Å². The van der Waals surface area contributed by atoms with Gasteiger partial charge >= 0.3 is 0 Å². The molecule has 0 aliphatic rings. The van der Waals surface area contributed by atoms with E-state index in [1.807, 2.05) is 49.4 Å². The molecule has 0 spiro atoms. The zero-order chi connectivity index (χ0) is 20.4. The molecular weight excluding hydrogens is 350 g/mol. The monoisotopic (exact) mass is 377 g/mol. The van der Waals surface area contributed by atoms with Crippen molar-refractivity contribution in [3.63, 3.8) is 0 Å². The molecule has 0 bridgehead atoms. The zero-order valence-corrected chi connectivity index (χ0v) is 16.7. The van der Waals surface area contributed by atoms with E-state index in [0.29, 0.717) is 6.54 Å². The molecule has 0 saturated heterocycles. The topological polar surface area (TPSA) is 74.2 Å². The Kier molecular flexibility index (Phi) is 8.11. The molecule has 0 fully saturated rings. The number of hydrogen-bond donors (Lipinski definition) is 2. The minimum atomic E-state index is -0.389. The van der Waals surface area contributed by atoms with E-state index in [1.165, 1.54) is 11.8 Å². The summed E-state index contributed by atoms with van der Waals surface area (Å²) in [4.78, 5) is 12.4. The van der Waals surface area contributed by atoms with Gasteiger partial charge in [0.25, 0.3) is 5.91 Å². The number of para-hydroxylation sites is 1. The lowest BCUT2D eigenvalue weighted by Gasteiger charge is -2.14. The highest BCUT2D eigenvalue weighted by Gasteiger charge is 2.13. The third-order valence-corrected chi connectivity index (χ3v) is 4.58. The van der Waals surface area contributed by atoms with E-state index in [-0.39, 0.29) is 17.5 Å². The first-order valence-electron chi connectivity index (χ1n) is 9.44. The molecule has 0 aromatic heterocycles. The van der Waals surface area contributed by atoms with Crippen molar-refractivity contribution in [2.45, 2.75) is 32.7 Å². The highest BCUT2D eigenvalue weighted by Crippen LogP contribution is 2.17. The van der Waals surface area contributed by atoms with Crippen LogP contribution in [0.2, 0.25) is 0 Å². The van der Waals surface area contributed by atoms with Gasteiger partial charge in [-0.15, -0.1) is 0 Å². The van der Waals surface area contributed by atoms with Crippen LogP contribution < -0.4 is 15.4 Å². The molecule has 0 radical (unpaired) electrons. The second-order valence-corrected chi connectivity index (χ2v) is 6.48. The summed E-state index contributed by atoms with van der Waals surface area (Å²) in [5.41, 5.74) is 3.38. The van der Waals surface area contributed by atoms with Crippen LogP contribution in [-0.2, 0) is 17.6 Å². The molecule has 0 aliphatic heterocycles. The van der Waals surface area contributed by atoms with Crippen molar-refractivity contribution in [3.05, 3.63) is 77.0 Å². The lowest BCUT2D eigenvalue weighted by molar-refractivity contribution is -0.117. The van der Waals surface area contributed by atoms with Gasteiger partial charge in [-0.2, -0.15) is 5.26 Å². The summed E-state index contributed by atoms with van der Waals surface area (Å²) in [6.45, 7) is 4.60. The number of nitrogens with zero attached hydrogens (tertiary/aromatic N) is 1. The Labute approximate surface area is 167 Å². The first-order chi connectivity index (χ1) is 13.6. The van der Waals surface area contributed by atoms with Crippen LogP contribution in [0.1, 0.15) is 36.6 Å². The lowest BCUT2D eigenvalue weighted by atomic mass is 10.0. The van der Waals surface area contributed by atoms with E-state index >= 15 is 0 Å². The Hall–Kier alpha value is -3.26. The fourth-order valence-corrected chi connectivity index (χ4v) is 2.84. The van der Waals surface area contributed by atoms with Crippen molar-refractivity contribution in [2.75, 3.05) is 13.7 Å². The average molecular weight is 377 g/mol. The van der Waals surface area contributed by atoms with Gasteiger partial charge in [0.15, 0.2) is 0 Å². The summed E-state index contributed by atoms with van der Waals surface area (Å²) >= 11 is 0. The summed E-state index contributed by atoms with van der Waals surface area (Å²) in [6, 6.07) is 17.7. The molecule has 1 amide bonds. The number of methoxy groups -OCH3 is 1. The van der Waals surface area contributed by atoms with Gasteiger partial charge < -0.3 is 15.4 Å². The molecule has 5 heteroatoms. The number of rotatable bonds is 9. The maximum absolute atomic E-state index is 12.4. The van der Waals surface area contributed by atoms with Crippen molar-refractivity contribution in [1.29, 1.82) is 5.26 Å². The van der Waals surface area contributed by atoms with Crippen molar-refractivity contribution in [2.24, 2.45) is 0 Å². The summed E-state index contributed by atoms with van der Waals surface area (Å²) in [5.74, 6) is 0.439. The Balaban J connectivity index is 1.90. The molecule has 5 nitrogen and oxygen atoms in total. The normalized spacial score (nSPS) is 12.0. The fraction of sp³-hybridized carbons (Fsp3) is 0.304. The Morgan fingerprint density at radius 1 is 1.21 bits per heavy atom. The number of hydrogen-bond acceptors (Lipinski definition) is 4. The molecule has 1 atom stereocenters. The number of nitriles is 1. The van der Waals surface area contributed by atoms with Gasteiger partial charge in [0.2, 0.25) is 0 Å². The molecule has 0 aliphatic carbocycles. The molecule has 0 saturated carbocycles. The maximum Gasteiger partial charge on any atom is 0.263 e. The molecule has 0 heterocycles. The largest absolute Gasteiger partial charge is 0.496 e. The number of carbonyl (C=O) groups excluding carboxylic acids is 1. The standard InChI is InChI=1S/C23H27N3O2/c1-4-18-9-11-19(12-10-18)17(2)26-23(27)21(15-24)16-25-14-13-20-7-5-6-8-22(20)28-3/h5-12,16-17,25H,4,13-14H2,1-3H3,(H,26,27)/b21-16-. The quantitative estimate of drug-likeness (QED) is 0.397. The SMILES string of the molecule is CCc1ccc(C(C)NC(=O)/C(C#N)=C\NCCc2ccccc2OC)cc1. The Morgan fingerprint density at radius 3 is 2.57 bits per heavy atom. The van der Waals surface area contributed by atoms with Gasteiger partial charge in [0.1, 0.15) is 17.4 Å². The van der Waals surface area contributed by atoms with E-state index in [0.717, 1.165) is 29.7 Å². The molecule has 2 N–H and O–H groups in total. The van der Waals surface area contributed by atoms with E-state index in [2.05, 4.69) is 29.7 Å². The number of amides is 1. The third kappa shape index (κ3) is 5.88. The smallest absolute Gasteiger partial charge is 0.263 e. The van der Waals surface area contributed by atoms with Gasteiger partial charge in [-0.1, -0.05) is 49.4 Å². The van der Waals surface area contributed by atoms with Crippen LogP contribution in [0.25, 0.3) is 0 Å². The van der Waals surface area contributed by atoms with Crippen molar-refractivity contribution >= 4 is 5.91 Å². The van der Waals surface area contributed by atoms with Crippen LogP contribution in [0.3, 0.4) is 0 Å². The second kappa shape index (κ2) is 10.8. The van der Waals surface area contributed by atoms with E-state index in [9.17, 15) is 10.1 Å². The molecular formula is C23H27N3O2. The van der Waals surface area contributed by atoms with Crippen LogP contribution in [0, 0.1) is 11.3 Å². The van der Waals surface area contributed by atoms with Crippen LogP contribution in [0.4, 0.5) is 0 Å². The van der Waals surface area contributed by atoms with Gasteiger partial charge in [0.05, 0.1) is 13.2 Å². The first kappa shape index (κ1) is 21.0. The number of carbonyl (C=O) groups is 1. The molecule has 1 unspecified atom stereocenters. The Bertz CT molecular complexity index is 851. The van der Waals surface area contributed by atoms with Gasteiger partial charge in [-0.05, 0) is 42.5 Å². The number of nitrogens with one attached hydrogen (secondary N) is 2. The summed E-state index contributed by atoms with van der Waals surface area (Å²) in [7, 11) is 1.64. The predicted molar refractivity (Wildman–Crippen MR) is 111 cm³/mol. The predicted octanol–water partition coefficient (Wildman–Crippen LogP) is 3.67. The van der Waals surface area contributed by atoms with Crippen molar-refractivity contribution < 1.29 is 9.53 Å². The molecule has 28 heavy (non-hydrogen) atoms. The van der Waals surface area contributed by atoms with Crippen molar-refractivity contribution in [3.8, 4) is 11.8 Å². The molecule has 2 aromatic carbocycles. The summed E-state index contributed by atoms with van der Waals surface area (Å²) in [5, 5.41) is 15.2. The van der Waals surface area contributed by atoms with Crippen molar-refractivity contribution in [1.82, 2.24) is 10.6 Å². The molecule has 2 rings (SSSR count). The number of ether oxygens (including phenoxy) is 1. The molecule has 146 valence electrons. The van der Waals surface area contributed by atoms with Gasteiger partial charge in [-0.3, -0.25) is 4.79 Å². The first-order valence-corrected chi connectivity index (χ1v) is 9.44. The van der Waals surface area contributed by atoms with E-state index in [1.54, 1.807) is 7.11 Å². The van der Waals surface area contributed by atoms with Crippen LogP contribution in [-0.4, -0.2) is 19.6 Å². The van der Waals surface area contributed by atoms with E-state index in [4.69, 9.17) is 4.74 Å². The number of aryl methyl sites for hydroxylation is 1. The molecule has 2 aromatic rings. The van der Waals surface area contributed by atoms with Crippen LogP contribution in [0.5, 0.6) is 5.75 Å². The minimum Gasteiger partial charge on any atom is -0.496 e. The minimum absolute atomic E-state index is 0.0528. The zero-order valence-electron chi connectivity index (χ0n) is 16.7. The summed E-state index contributed by atoms with van der Waals surface area (Å²) in [6.07, 6.45) is 3.17. The number of benzene rings is 2. The highest BCUT2D eigenvalue weighted by molar-refractivity contribution is 5.97. The average Bonchev–Trinajstić information content (AvgIpc) is 2.73. The van der Waals surface area contributed by atoms with E-state index < -0.39 is 0 Å². The third-order valence-electron chi connectivity index (χ3n) is 4.58. The summed E-state index contributed by atoms with van der Waals surface area (Å²) < 4.78 is 5.32. The van der Waals surface area contributed by atoms with Gasteiger partial charge in [0, 0.05) is 12.7 Å². The lowest BCUT2D eigenvalue weighted by Crippen LogP contribution is -2.28. The van der Waals surface area contributed by atoms with Gasteiger partial charge in [-0.25, -0.2) is 0 Å². The Morgan fingerprint density at radius 2 is 1.93 bits per heavy atom.